The maximum atomic E-state index is 12.5. The number of halogens is 3. The zero-order chi connectivity index (χ0) is 17.4. The maximum absolute atomic E-state index is 12.5. The summed E-state index contributed by atoms with van der Waals surface area (Å²) in [6.45, 7) is 3.55. The number of rotatable bonds is 6. The minimum Gasteiger partial charge on any atom is -0.357 e. The van der Waals surface area contributed by atoms with Crippen LogP contribution < -0.4 is 10.6 Å². The van der Waals surface area contributed by atoms with E-state index in [1.807, 2.05) is 6.92 Å². The van der Waals surface area contributed by atoms with Crippen LogP contribution >= 0.6 is 11.3 Å². The molecule has 1 heterocycles. The second-order valence-corrected chi connectivity index (χ2v) is 6.55. The molecule has 0 aliphatic heterocycles. The third kappa shape index (κ3) is 6.14. The van der Waals surface area contributed by atoms with E-state index in [2.05, 4.69) is 26.7 Å². The van der Waals surface area contributed by atoms with Gasteiger partial charge in [0.1, 0.15) is 5.01 Å². The number of nitrogens with zero attached hydrogens (tertiary/aromatic N) is 2. The second kappa shape index (κ2) is 9.05. The number of guanidine groups is 1. The van der Waals surface area contributed by atoms with Crippen molar-refractivity contribution in [3.8, 4) is 0 Å². The summed E-state index contributed by atoms with van der Waals surface area (Å²) in [5.41, 5.74) is 0.624. The van der Waals surface area contributed by atoms with Gasteiger partial charge in [0.2, 0.25) is 0 Å². The molecule has 0 amide bonds. The fourth-order valence-corrected chi connectivity index (χ4v) is 3.20. The molecule has 0 spiro atoms. The van der Waals surface area contributed by atoms with Crippen molar-refractivity contribution < 1.29 is 13.2 Å². The molecule has 4 nitrogen and oxygen atoms in total. The van der Waals surface area contributed by atoms with Gasteiger partial charge in [0.15, 0.2) is 11.7 Å². The molecule has 1 aromatic rings. The molecule has 0 radical (unpaired) electrons. The highest BCUT2D eigenvalue weighted by atomic mass is 32.1. The third-order valence-corrected chi connectivity index (χ3v) is 4.52. The van der Waals surface area contributed by atoms with Gasteiger partial charge < -0.3 is 10.6 Å². The lowest BCUT2D eigenvalue weighted by Crippen LogP contribution is -2.37. The zero-order valence-corrected chi connectivity index (χ0v) is 14.6. The van der Waals surface area contributed by atoms with Crippen LogP contribution in [0.15, 0.2) is 22.0 Å². The van der Waals surface area contributed by atoms with Crippen LogP contribution in [-0.4, -0.2) is 24.0 Å². The van der Waals surface area contributed by atoms with Crippen LogP contribution in [0, 0.1) is 0 Å². The average Bonchev–Trinajstić information content (AvgIpc) is 3.03. The van der Waals surface area contributed by atoms with Crippen LogP contribution in [0.3, 0.4) is 0 Å². The van der Waals surface area contributed by atoms with Crippen molar-refractivity contribution in [1.82, 2.24) is 15.6 Å². The highest BCUT2D eigenvalue weighted by molar-refractivity contribution is 7.09. The van der Waals surface area contributed by atoms with Crippen molar-refractivity contribution in [3.05, 3.63) is 27.7 Å². The lowest BCUT2D eigenvalue weighted by molar-refractivity contribution is -0.140. The average molecular weight is 360 g/mol. The Morgan fingerprint density at radius 2 is 2.17 bits per heavy atom. The van der Waals surface area contributed by atoms with Gasteiger partial charge in [0, 0.05) is 18.5 Å². The van der Waals surface area contributed by atoms with Crippen LogP contribution in [0.2, 0.25) is 0 Å². The van der Waals surface area contributed by atoms with E-state index in [1.165, 1.54) is 18.4 Å². The van der Waals surface area contributed by atoms with E-state index in [-0.39, 0.29) is 6.54 Å². The van der Waals surface area contributed by atoms with E-state index in [0.717, 1.165) is 42.5 Å². The highest BCUT2D eigenvalue weighted by Gasteiger charge is 2.33. The molecular formula is C16H23F3N4S. The molecule has 0 saturated heterocycles. The summed E-state index contributed by atoms with van der Waals surface area (Å²) >= 11 is 0.980. The van der Waals surface area contributed by atoms with Crippen molar-refractivity contribution in [1.29, 1.82) is 0 Å². The summed E-state index contributed by atoms with van der Waals surface area (Å²) in [5, 5.41) is 7.71. The van der Waals surface area contributed by atoms with Crippen LogP contribution in [0.25, 0.3) is 0 Å². The Labute approximate surface area is 144 Å². The number of alkyl halides is 3. The predicted octanol–water partition coefficient (Wildman–Crippen LogP) is 4.11. The van der Waals surface area contributed by atoms with Crippen molar-refractivity contribution in [2.45, 2.75) is 51.7 Å². The van der Waals surface area contributed by atoms with Gasteiger partial charge in [0.05, 0.1) is 6.54 Å². The normalized spacial score (nSPS) is 16.0. The Kier molecular flexibility index (Phi) is 7.08. The Balaban J connectivity index is 1.85. The van der Waals surface area contributed by atoms with E-state index in [0.29, 0.717) is 17.5 Å². The van der Waals surface area contributed by atoms with Crippen LogP contribution in [-0.2, 0) is 12.7 Å². The highest BCUT2D eigenvalue weighted by Crippen LogP contribution is 2.30. The predicted molar refractivity (Wildman–Crippen MR) is 91.1 cm³/mol. The van der Waals surface area contributed by atoms with Gasteiger partial charge in [-0.15, -0.1) is 11.3 Å². The fourth-order valence-electron chi connectivity index (χ4n) is 2.48. The summed E-state index contributed by atoms with van der Waals surface area (Å²) in [6, 6.07) is 0. The third-order valence-electron chi connectivity index (χ3n) is 3.68. The summed E-state index contributed by atoms with van der Waals surface area (Å²) in [6.07, 6.45) is 3.74. The topological polar surface area (TPSA) is 49.3 Å². The van der Waals surface area contributed by atoms with Gasteiger partial charge in [-0.25, -0.2) is 9.98 Å². The molecule has 2 N–H and O–H groups in total. The number of hydrogen-bond acceptors (Lipinski definition) is 3. The zero-order valence-electron chi connectivity index (χ0n) is 13.7. The van der Waals surface area contributed by atoms with Gasteiger partial charge in [-0.05, 0) is 39.0 Å². The van der Waals surface area contributed by atoms with Crippen molar-refractivity contribution in [2.75, 3.05) is 13.1 Å². The second-order valence-electron chi connectivity index (χ2n) is 5.60. The van der Waals surface area contributed by atoms with Crippen molar-refractivity contribution in [3.63, 3.8) is 0 Å². The molecule has 0 atom stereocenters. The largest absolute Gasteiger partial charge is 0.434 e. The van der Waals surface area contributed by atoms with E-state index in [4.69, 9.17) is 0 Å². The van der Waals surface area contributed by atoms with E-state index >= 15 is 0 Å². The Bertz CT molecular complexity index is 578. The van der Waals surface area contributed by atoms with E-state index in [1.54, 1.807) is 0 Å². The van der Waals surface area contributed by atoms with Gasteiger partial charge in [-0.3, -0.25) is 0 Å². The first-order valence-corrected chi connectivity index (χ1v) is 9.08. The number of aliphatic imine (C=N–C) groups is 1. The molecule has 0 saturated carbocycles. The maximum Gasteiger partial charge on any atom is 0.434 e. The molecule has 0 fully saturated rings. The summed E-state index contributed by atoms with van der Waals surface area (Å²) in [4.78, 5) is 7.91. The first kappa shape index (κ1) is 18.8. The monoisotopic (exact) mass is 360 g/mol. The van der Waals surface area contributed by atoms with Gasteiger partial charge in [-0.2, -0.15) is 13.2 Å². The lowest BCUT2D eigenvalue weighted by Gasteiger charge is -2.15. The SMILES string of the molecule is CCNC(=NCc1nc(C(F)(F)F)cs1)NCCC1=CCCCC1. The van der Waals surface area contributed by atoms with Crippen LogP contribution in [0.1, 0.15) is 49.7 Å². The van der Waals surface area contributed by atoms with Gasteiger partial charge >= 0.3 is 6.18 Å². The van der Waals surface area contributed by atoms with Crippen LogP contribution in [0.5, 0.6) is 0 Å². The van der Waals surface area contributed by atoms with Gasteiger partial charge in [0.25, 0.3) is 0 Å². The molecule has 24 heavy (non-hydrogen) atoms. The molecule has 8 heteroatoms. The number of nitrogens with one attached hydrogen (secondary N) is 2. The standard InChI is InChI=1S/C16H23F3N4S/c1-2-20-15(21-9-8-12-6-4-3-5-7-12)22-10-14-23-13(11-24-14)16(17,18)19/h6,11H,2-5,7-10H2,1H3,(H2,20,21,22). The molecular weight excluding hydrogens is 337 g/mol. The first-order valence-electron chi connectivity index (χ1n) is 8.20. The van der Waals surface area contributed by atoms with Crippen molar-refractivity contribution >= 4 is 17.3 Å². The number of thiazole rings is 1. The molecule has 1 aromatic heterocycles. The van der Waals surface area contributed by atoms with E-state index in [9.17, 15) is 13.2 Å². The fraction of sp³-hybridized carbons (Fsp3) is 0.625. The lowest BCUT2D eigenvalue weighted by atomic mass is 9.97. The van der Waals surface area contributed by atoms with Crippen molar-refractivity contribution in [2.24, 2.45) is 4.99 Å². The summed E-state index contributed by atoms with van der Waals surface area (Å²) in [7, 11) is 0. The molecule has 1 aliphatic rings. The first-order chi connectivity index (χ1) is 11.5. The molecule has 0 unspecified atom stereocenters. The Hall–Kier alpha value is -1.57. The van der Waals surface area contributed by atoms with Gasteiger partial charge in [-0.1, -0.05) is 11.6 Å². The van der Waals surface area contributed by atoms with Crippen LogP contribution in [0.4, 0.5) is 13.2 Å². The summed E-state index contributed by atoms with van der Waals surface area (Å²) in [5.74, 6) is 0.609. The molecule has 1 aliphatic carbocycles. The minimum atomic E-state index is -4.39. The number of hydrogen-bond donors (Lipinski definition) is 2. The molecule has 0 aromatic carbocycles. The van der Waals surface area contributed by atoms with E-state index < -0.39 is 11.9 Å². The quantitative estimate of drug-likeness (QED) is 0.456. The summed E-state index contributed by atoms with van der Waals surface area (Å²) < 4.78 is 37.6. The molecule has 2 rings (SSSR count). The minimum absolute atomic E-state index is 0.138. The molecule has 0 bridgehead atoms. The number of allylic oxidation sites excluding steroid dienone is 1. The smallest absolute Gasteiger partial charge is 0.357 e. The molecule has 134 valence electrons. The Morgan fingerprint density at radius 1 is 1.33 bits per heavy atom. The Morgan fingerprint density at radius 3 is 2.79 bits per heavy atom. The number of aromatic nitrogens is 1.